The van der Waals surface area contributed by atoms with Gasteiger partial charge in [-0.3, -0.25) is 4.68 Å². The van der Waals surface area contributed by atoms with E-state index in [1.807, 2.05) is 6.92 Å². The molecule has 0 N–H and O–H groups in total. The first-order valence-corrected chi connectivity index (χ1v) is 9.19. The molecule has 1 atom stereocenters. The van der Waals surface area contributed by atoms with Gasteiger partial charge < -0.3 is 0 Å². The van der Waals surface area contributed by atoms with Crippen molar-refractivity contribution in [1.82, 2.24) is 14.1 Å². The minimum atomic E-state index is -3.71. The Labute approximate surface area is 135 Å². The van der Waals surface area contributed by atoms with E-state index in [2.05, 4.69) is 5.10 Å². The zero-order valence-corrected chi connectivity index (χ0v) is 14.0. The van der Waals surface area contributed by atoms with Gasteiger partial charge in [0, 0.05) is 24.3 Å². The second-order valence-corrected chi connectivity index (χ2v) is 7.64. The summed E-state index contributed by atoms with van der Waals surface area (Å²) in [6.45, 7) is 4.23. The highest BCUT2D eigenvalue weighted by atomic mass is 32.2. The Balaban J connectivity index is 2.00. The van der Waals surface area contributed by atoms with Crippen molar-refractivity contribution in [3.8, 4) is 0 Å². The van der Waals surface area contributed by atoms with Crippen LogP contribution in [-0.2, 0) is 16.6 Å². The molecule has 2 aromatic rings. The number of sulfonamides is 1. The van der Waals surface area contributed by atoms with E-state index in [9.17, 15) is 12.8 Å². The SMILES string of the molecule is CCn1cc(S(=O)(=O)N(C2CC2)C(C)c2ccccc2F)cn1. The van der Waals surface area contributed by atoms with Crippen LogP contribution >= 0.6 is 0 Å². The minimum absolute atomic E-state index is 0.0698. The molecule has 23 heavy (non-hydrogen) atoms. The second kappa shape index (κ2) is 6.05. The predicted molar refractivity (Wildman–Crippen MR) is 84.8 cm³/mol. The van der Waals surface area contributed by atoms with E-state index in [0.717, 1.165) is 12.8 Å². The van der Waals surface area contributed by atoms with Crippen LogP contribution in [0, 0.1) is 5.82 Å². The quantitative estimate of drug-likeness (QED) is 0.814. The maximum absolute atomic E-state index is 14.1. The number of nitrogens with zero attached hydrogens (tertiary/aromatic N) is 3. The van der Waals surface area contributed by atoms with E-state index in [4.69, 9.17) is 0 Å². The Kier molecular flexibility index (Phi) is 4.25. The lowest BCUT2D eigenvalue weighted by Crippen LogP contribution is -2.35. The largest absolute Gasteiger partial charge is 0.272 e. The molecule has 3 rings (SSSR count). The third-order valence-corrected chi connectivity index (χ3v) is 6.13. The van der Waals surface area contributed by atoms with Gasteiger partial charge in [-0.25, -0.2) is 12.8 Å². The van der Waals surface area contributed by atoms with Crippen molar-refractivity contribution in [3.05, 3.63) is 48.0 Å². The van der Waals surface area contributed by atoms with Crippen LogP contribution in [0.25, 0.3) is 0 Å². The van der Waals surface area contributed by atoms with Crippen LogP contribution in [0.2, 0.25) is 0 Å². The number of hydrogen-bond donors (Lipinski definition) is 0. The van der Waals surface area contributed by atoms with E-state index in [1.165, 1.54) is 22.8 Å². The lowest BCUT2D eigenvalue weighted by molar-refractivity contribution is 0.327. The summed E-state index contributed by atoms with van der Waals surface area (Å²) < 4.78 is 43.1. The summed E-state index contributed by atoms with van der Waals surface area (Å²) in [5.41, 5.74) is 0.394. The smallest absolute Gasteiger partial charge is 0.247 e. The Bertz CT molecular complexity index is 799. The second-order valence-electron chi connectivity index (χ2n) is 5.80. The van der Waals surface area contributed by atoms with Crippen LogP contribution in [0.3, 0.4) is 0 Å². The Morgan fingerprint density at radius 3 is 2.65 bits per heavy atom. The fourth-order valence-corrected chi connectivity index (χ4v) is 4.58. The number of aryl methyl sites for hydroxylation is 1. The van der Waals surface area contributed by atoms with Gasteiger partial charge in [0.05, 0.1) is 12.2 Å². The normalized spacial score (nSPS) is 16.7. The molecule has 0 bridgehead atoms. The fraction of sp³-hybridized carbons (Fsp3) is 0.438. The number of halogens is 1. The van der Waals surface area contributed by atoms with Gasteiger partial charge in [0.15, 0.2) is 0 Å². The minimum Gasteiger partial charge on any atom is -0.272 e. The van der Waals surface area contributed by atoms with Crippen molar-refractivity contribution >= 4 is 10.0 Å². The maximum Gasteiger partial charge on any atom is 0.247 e. The predicted octanol–water partition coefficient (Wildman–Crippen LogP) is 2.96. The summed E-state index contributed by atoms with van der Waals surface area (Å²) in [6, 6.07) is 5.70. The average molecular weight is 337 g/mol. The molecule has 0 amide bonds. The van der Waals surface area contributed by atoms with Crippen molar-refractivity contribution in [2.45, 2.75) is 50.2 Å². The Morgan fingerprint density at radius 2 is 2.09 bits per heavy atom. The van der Waals surface area contributed by atoms with Crippen LogP contribution < -0.4 is 0 Å². The molecule has 1 saturated carbocycles. The van der Waals surface area contributed by atoms with Gasteiger partial charge in [0.1, 0.15) is 10.7 Å². The average Bonchev–Trinajstić information content (AvgIpc) is 3.21. The number of aromatic nitrogens is 2. The molecular weight excluding hydrogens is 317 g/mol. The zero-order valence-electron chi connectivity index (χ0n) is 13.2. The first kappa shape index (κ1) is 16.1. The first-order valence-electron chi connectivity index (χ1n) is 7.75. The van der Waals surface area contributed by atoms with Gasteiger partial charge >= 0.3 is 0 Å². The Morgan fingerprint density at radius 1 is 1.39 bits per heavy atom. The van der Waals surface area contributed by atoms with Crippen molar-refractivity contribution < 1.29 is 12.8 Å². The van der Waals surface area contributed by atoms with Gasteiger partial charge in [0.2, 0.25) is 10.0 Å². The molecule has 0 spiro atoms. The summed E-state index contributed by atoms with van der Waals surface area (Å²) in [5, 5.41) is 4.05. The van der Waals surface area contributed by atoms with Crippen LogP contribution in [-0.4, -0.2) is 28.5 Å². The third kappa shape index (κ3) is 3.03. The van der Waals surface area contributed by atoms with E-state index in [1.54, 1.807) is 29.8 Å². The summed E-state index contributed by atoms with van der Waals surface area (Å²) in [5.74, 6) is -0.384. The van der Waals surface area contributed by atoms with Crippen LogP contribution in [0.1, 0.15) is 38.3 Å². The van der Waals surface area contributed by atoms with E-state index >= 15 is 0 Å². The topological polar surface area (TPSA) is 55.2 Å². The van der Waals surface area contributed by atoms with E-state index < -0.39 is 16.1 Å². The molecule has 1 fully saturated rings. The fourth-order valence-electron chi connectivity index (χ4n) is 2.77. The summed E-state index contributed by atoms with van der Waals surface area (Å²) >= 11 is 0. The summed E-state index contributed by atoms with van der Waals surface area (Å²) in [4.78, 5) is 0.162. The van der Waals surface area contributed by atoms with Gasteiger partial charge in [-0.1, -0.05) is 18.2 Å². The molecular formula is C16H20FN3O2S. The lowest BCUT2D eigenvalue weighted by Gasteiger charge is -2.28. The first-order chi connectivity index (χ1) is 10.9. The monoisotopic (exact) mass is 337 g/mol. The van der Waals surface area contributed by atoms with Crippen LogP contribution in [0.4, 0.5) is 4.39 Å². The molecule has 1 aliphatic rings. The summed E-state index contributed by atoms with van der Waals surface area (Å²) in [6.07, 6.45) is 4.50. The summed E-state index contributed by atoms with van der Waals surface area (Å²) in [7, 11) is -3.71. The maximum atomic E-state index is 14.1. The van der Waals surface area contributed by atoms with E-state index in [0.29, 0.717) is 12.1 Å². The lowest BCUT2D eigenvalue weighted by atomic mass is 10.1. The molecule has 1 unspecified atom stereocenters. The molecule has 0 saturated heterocycles. The zero-order chi connectivity index (χ0) is 16.6. The van der Waals surface area contributed by atoms with E-state index in [-0.39, 0.29) is 16.8 Å². The third-order valence-electron chi connectivity index (χ3n) is 4.15. The standard InChI is InChI=1S/C16H20FN3O2S/c1-3-19-11-14(10-18-19)23(21,22)20(13-8-9-13)12(2)15-6-4-5-7-16(15)17/h4-7,10-13H,3,8-9H2,1-2H3. The van der Waals surface area contributed by atoms with Gasteiger partial charge in [-0.15, -0.1) is 0 Å². The van der Waals surface area contributed by atoms with Crippen LogP contribution in [0.15, 0.2) is 41.6 Å². The molecule has 1 heterocycles. The highest BCUT2D eigenvalue weighted by Crippen LogP contribution is 2.39. The van der Waals surface area contributed by atoms with Gasteiger partial charge in [-0.2, -0.15) is 9.40 Å². The highest BCUT2D eigenvalue weighted by Gasteiger charge is 2.42. The molecule has 5 nitrogen and oxygen atoms in total. The molecule has 7 heteroatoms. The number of rotatable bonds is 6. The van der Waals surface area contributed by atoms with Gasteiger partial charge in [0.25, 0.3) is 0 Å². The van der Waals surface area contributed by atoms with Crippen LogP contribution in [0.5, 0.6) is 0 Å². The van der Waals surface area contributed by atoms with Gasteiger partial charge in [-0.05, 0) is 32.8 Å². The van der Waals surface area contributed by atoms with Crippen molar-refractivity contribution in [2.75, 3.05) is 0 Å². The molecule has 124 valence electrons. The molecule has 1 aromatic heterocycles. The Hall–Kier alpha value is -1.73. The molecule has 0 radical (unpaired) electrons. The van der Waals surface area contributed by atoms with Crippen molar-refractivity contribution in [1.29, 1.82) is 0 Å². The molecule has 1 aliphatic carbocycles. The van der Waals surface area contributed by atoms with Crippen molar-refractivity contribution in [3.63, 3.8) is 0 Å². The van der Waals surface area contributed by atoms with Crippen molar-refractivity contribution in [2.24, 2.45) is 0 Å². The molecule has 0 aliphatic heterocycles. The molecule has 1 aromatic carbocycles. The number of hydrogen-bond acceptors (Lipinski definition) is 3. The highest BCUT2D eigenvalue weighted by molar-refractivity contribution is 7.89. The number of benzene rings is 1.